The van der Waals surface area contributed by atoms with Gasteiger partial charge in [-0.1, -0.05) is 42.5 Å². The molecule has 1 unspecified atom stereocenters. The average molecular weight is 709 g/mol. The molecule has 1 aliphatic rings. The van der Waals surface area contributed by atoms with Crippen LogP contribution in [0.1, 0.15) is 6.42 Å². The molecule has 1 atom stereocenters. The lowest BCUT2D eigenvalue weighted by molar-refractivity contribution is -0.123. The Kier molecular flexibility index (Phi) is 13.5. The highest BCUT2D eigenvalue weighted by atomic mass is 16.5. The van der Waals surface area contributed by atoms with Crippen LogP contribution < -0.4 is 30.3 Å². The molecule has 0 spiro atoms. The number of allylic oxidation sites excluding steroid dienone is 3. The first-order valence-corrected chi connectivity index (χ1v) is 17.6. The number of nitrogens with two attached hydrogens (primary N) is 1. The number of rotatable bonds is 18. The number of ether oxygens (including phenoxy) is 4. The maximum absolute atomic E-state index is 13.0. The Morgan fingerprint density at radius 2 is 1.42 bits per heavy atom. The molecular formula is C41H52N6O5. The van der Waals surface area contributed by atoms with Crippen molar-refractivity contribution in [3.63, 3.8) is 0 Å². The number of benzene rings is 3. The highest BCUT2D eigenvalue weighted by molar-refractivity contribution is 5.84. The van der Waals surface area contributed by atoms with Crippen molar-refractivity contribution in [3.8, 4) is 45.4 Å². The van der Waals surface area contributed by atoms with Gasteiger partial charge in [-0.25, -0.2) is 4.98 Å². The zero-order valence-corrected chi connectivity index (χ0v) is 31.2. The number of anilines is 2. The topological polar surface area (TPSA) is 116 Å². The normalized spacial score (nSPS) is 13.8. The number of aromatic nitrogens is 2. The van der Waals surface area contributed by atoms with Crippen molar-refractivity contribution in [1.29, 1.82) is 0 Å². The Hall–Kier alpha value is -5.10. The van der Waals surface area contributed by atoms with E-state index in [-0.39, 0.29) is 11.8 Å². The highest BCUT2D eigenvalue weighted by Crippen LogP contribution is 2.40. The smallest absolute Gasteiger partial charge is 0.227 e. The number of carbonyl (C=O) groups is 1. The molecule has 52 heavy (non-hydrogen) atoms. The summed E-state index contributed by atoms with van der Waals surface area (Å²) in [5, 5.41) is 3.00. The van der Waals surface area contributed by atoms with E-state index in [1.165, 1.54) is 0 Å². The van der Waals surface area contributed by atoms with E-state index in [1.54, 1.807) is 14.2 Å². The first kappa shape index (κ1) is 38.1. The SMILES string of the molecule is COc1cc(OC)cc(-c2nc(-c3ccc(N(C)C)cc3)c(-c3ccc(N(C)C)cc3)n2CC2=CCC(C(=O)NCCOCCOCCN)C=C2)c1. The van der Waals surface area contributed by atoms with Crippen LogP contribution in [0.2, 0.25) is 0 Å². The number of nitrogens with one attached hydrogen (secondary N) is 1. The standard InChI is InChI=1S/C41H52N6O5/c1-45(2)34-15-11-30(12-16-34)38-39(31-13-17-35(18-14-31)46(3)4)47(40(44-38)33-25-36(49-5)27-37(26-33)50-6)28-29-7-9-32(10-8-29)41(48)43-20-22-52-24-23-51-21-19-42/h7-9,11-18,25-27,32H,10,19-24,28,42H2,1-6H3,(H,43,48). The molecule has 1 aromatic heterocycles. The number of nitrogens with zero attached hydrogens (tertiary/aromatic N) is 4. The van der Waals surface area contributed by atoms with Gasteiger partial charge in [0.05, 0.1) is 58.0 Å². The summed E-state index contributed by atoms with van der Waals surface area (Å²) in [5.74, 6) is 1.84. The minimum atomic E-state index is -0.259. The van der Waals surface area contributed by atoms with Gasteiger partial charge in [0.15, 0.2) is 0 Å². The van der Waals surface area contributed by atoms with Gasteiger partial charge in [-0.15, -0.1) is 0 Å². The lowest BCUT2D eigenvalue weighted by Crippen LogP contribution is -2.33. The first-order valence-electron chi connectivity index (χ1n) is 17.6. The number of imidazole rings is 1. The van der Waals surface area contributed by atoms with Crippen LogP contribution in [0.5, 0.6) is 11.5 Å². The van der Waals surface area contributed by atoms with Gasteiger partial charge in [0.1, 0.15) is 17.3 Å². The fraction of sp³-hybridized carbons (Fsp3) is 0.366. The van der Waals surface area contributed by atoms with E-state index in [2.05, 4.69) is 80.4 Å². The summed E-state index contributed by atoms with van der Waals surface area (Å²) < 4.78 is 24.5. The van der Waals surface area contributed by atoms with Crippen LogP contribution >= 0.6 is 0 Å². The minimum absolute atomic E-state index is 0.0218. The Morgan fingerprint density at radius 3 is 1.96 bits per heavy atom. The molecule has 0 saturated heterocycles. The second kappa shape index (κ2) is 18.4. The number of methoxy groups -OCH3 is 2. The van der Waals surface area contributed by atoms with Crippen molar-refractivity contribution in [2.75, 3.05) is 91.7 Å². The van der Waals surface area contributed by atoms with Crippen LogP contribution in [0, 0.1) is 5.92 Å². The van der Waals surface area contributed by atoms with Gasteiger partial charge in [0.2, 0.25) is 5.91 Å². The maximum atomic E-state index is 13.0. The van der Waals surface area contributed by atoms with Crippen molar-refractivity contribution in [2.45, 2.75) is 13.0 Å². The van der Waals surface area contributed by atoms with Crippen LogP contribution in [-0.4, -0.2) is 97.4 Å². The minimum Gasteiger partial charge on any atom is -0.497 e. The van der Waals surface area contributed by atoms with E-state index >= 15 is 0 Å². The molecule has 0 fully saturated rings. The zero-order chi connectivity index (χ0) is 37.0. The fourth-order valence-corrected chi connectivity index (χ4v) is 6.03. The summed E-state index contributed by atoms with van der Waals surface area (Å²) in [6, 6.07) is 22.9. The summed E-state index contributed by atoms with van der Waals surface area (Å²) in [6.45, 7) is 3.35. The molecule has 0 aliphatic heterocycles. The van der Waals surface area contributed by atoms with Gasteiger partial charge in [-0.2, -0.15) is 0 Å². The van der Waals surface area contributed by atoms with Crippen LogP contribution in [-0.2, 0) is 20.8 Å². The van der Waals surface area contributed by atoms with Crippen LogP contribution in [0.25, 0.3) is 33.9 Å². The Bertz CT molecular complexity index is 1810. The van der Waals surface area contributed by atoms with Crippen molar-refractivity contribution >= 4 is 17.3 Å². The van der Waals surface area contributed by atoms with E-state index < -0.39 is 0 Å². The number of carbonyl (C=O) groups excluding carboxylic acids is 1. The molecule has 1 amide bonds. The second-order valence-electron chi connectivity index (χ2n) is 13.0. The summed E-state index contributed by atoms with van der Waals surface area (Å²) in [5.41, 5.74) is 13.5. The highest BCUT2D eigenvalue weighted by Gasteiger charge is 2.24. The molecule has 4 aromatic rings. The summed E-state index contributed by atoms with van der Waals surface area (Å²) in [7, 11) is 11.4. The van der Waals surface area contributed by atoms with E-state index in [9.17, 15) is 4.79 Å². The van der Waals surface area contributed by atoms with Crippen LogP contribution in [0.15, 0.2) is 90.5 Å². The van der Waals surface area contributed by atoms with Gasteiger partial charge < -0.3 is 44.4 Å². The van der Waals surface area contributed by atoms with Crippen molar-refractivity contribution in [1.82, 2.24) is 14.9 Å². The molecule has 276 valence electrons. The summed E-state index contributed by atoms with van der Waals surface area (Å²) in [6.07, 6.45) is 6.79. The summed E-state index contributed by atoms with van der Waals surface area (Å²) in [4.78, 5) is 22.6. The van der Waals surface area contributed by atoms with Crippen molar-refractivity contribution in [2.24, 2.45) is 11.7 Å². The maximum Gasteiger partial charge on any atom is 0.227 e. The molecule has 11 heteroatoms. The third-order valence-electron chi connectivity index (χ3n) is 8.93. The van der Waals surface area contributed by atoms with Crippen LogP contribution in [0.3, 0.4) is 0 Å². The monoisotopic (exact) mass is 708 g/mol. The van der Waals surface area contributed by atoms with Crippen molar-refractivity contribution in [3.05, 3.63) is 90.5 Å². The van der Waals surface area contributed by atoms with E-state index in [0.717, 1.165) is 50.9 Å². The lowest BCUT2D eigenvalue weighted by Gasteiger charge is -2.20. The molecule has 3 N–H and O–H groups in total. The second-order valence-corrected chi connectivity index (χ2v) is 13.0. The molecule has 0 saturated carbocycles. The predicted octanol–water partition coefficient (Wildman–Crippen LogP) is 5.64. The Balaban J connectivity index is 1.49. The molecular weight excluding hydrogens is 656 g/mol. The zero-order valence-electron chi connectivity index (χ0n) is 31.2. The number of hydrogen-bond donors (Lipinski definition) is 2. The molecule has 1 heterocycles. The third-order valence-corrected chi connectivity index (χ3v) is 8.93. The number of amides is 1. The molecule has 5 rings (SSSR count). The lowest BCUT2D eigenvalue weighted by atomic mass is 9.95. The molecule has 0 radical (unpaired) electrons. The molecule has 1 aliphatic carbocycles. The summed E-state index contributed by atoms with van der Waals surface area (Å²) >= 11 is 0. The van der Waals surface area contributed by atoms with Crippen molar-refractivity contribution < 1.29 is 23.7 Å². The number of hydrogen-bond acceptors (Lipinski definition) is 9. The van der Waals surface area contributed by atoms with Gasteiger partial charge in [0.25, 0.3) is 0 Å². The molecule has 0 bridgehead atoms. The largest absolute Gasteiger partial charge is 0.497 e. The fourth-order valence-electron chi connectivity index (χ4n) is 6.03. The third kappa shape index (κ3) is 9.61. The van der Waals surface area contributed by atoms with Gasteiger partial charge in [0, 0.05) is 82.0 Å². The Morgan fingerprint density at radius 1 is 0.827 bits per heavy atom. The molecule has 3 aromatic carbocycles. The van der Waals surface area contributed by atoms with E-state index in [1.807, 2.05) is 52.5 Å². The first-order chi connectivity index (χ1) is 25.2. The van der Waals surface area contributed by atoms with E-state index in [0.29, 0.717) is 64.0 Å². The van der Waals surface area contributed by atoms with Gasteiger partial charge in [-0.3, -0.25) is 4.79 Å². The average Bonchev–Trinajstić information content (AvgIpc) is 3.54. The Labute approximate surface area is 307 Å². The van der Waals surface area contributed by atoms with E-state index in [4.69, 9.17) is 29.7 Å². The quantitative estimate of drug-likeness (QED) is 0.127. The molecule has 11 nitrogen and oxygen atoms in total. The van der Waals surface area contributed by atoms with Gasteiger partial charge in [-0.05, 0) is 48.4 Å². The van der Waals surface area contributed by atoms with Gasteiger partial charge >= 0.3 is 0 Å². The van der Waals surface area contributed by atoms with Crippen LogP contribution in [0.4, 0.5) is 11.4 Å². The predicted molar refractivity (Wildman–Crippen MR) is 209 cm³/mol.